The Morgan fingerprint density at radius 2 is 2.29 bits per heavy atom. The molecule has 4 heteroatoms. The van der Waals surface area contributed by atoms with Crippen LogP contribution in [0.2, 0.25) is 0 Å². The van der Waals surface area contributed by atoms with Gasteiger partial charge >= 0.3 is 6.03 Å². The van der Waals surface area contributed by atoms with Crippen LogP contribution < -0.4 is 15.4 Å². The molecule has 0 atom stereocenters. The van der Waals surface area contributed by atoms with Gasteiger partial charge in [-0.3, -0.25) is 0 Å². The lowest BCUT2D eigenvalue weighted by Gasteiger charge is -2.08. The van der Waals surface area contributed by atoms with Crippen molar-refractivity contribution in [2.24, 2.45) is 0 Å². The van der Waals surface area contributed by atoms with Gasteiger partial charge in [-0.25, -0.2) is 4.79 Å². The molecule has 0 unspecified atom stereocenters. The Morgan fingerprint density at radius 3 is 3.00 bits per heavy atom. The van der Waals surface area contributed by atoms with Crippen LogP contribution in [0.3, 0.4) is 0 Å². The van der Waals surface area contributed by atoms with Crippen LogP contribution in [0.4, 0.5) is 4.79 Å². The fourth-order valence-corrected chi connectivity index (χ4v) is 1.23. The zero-order valence-electron chi connectivity index (χ0n) is 9.82. The minimum absolute atomic E-state index is 0.227. The second kappa shape index (κ2) is 7.18. The molecule has 0 saturated heterocycles. The Balaban J connectivity index is 2.16. The summed E-state index contributed by atoms with van der Waals surface area (Å²) in [6.45, 7) is 3.08. The normalized spacial score (nSPS) is 9.18. The van der Waals surface area contributed by atoms with E-state index in [-0.39, 0.29) is 12.6 Å². The number of hydrogen-bond acceptors (Lipinski definition) is 2. The molecule has 0 aliphatic heterocycles. The van der Waals surface area contributed by atoms with Crippen LogP contribution in [-0.4, -0.2) is 25.7 Å². The molecule has 1 rings (SSSR count). The summed E-state index contributed by atoms with van der Waals surface area (Å²) in [6.07, 6.45) is 5.00. The molecule has 0 spiro atoms. The number of nitrogens with one attached hydrogen (secondary N) is 2. The number of ether oxygens (including phenoxy) is 1. The van der Waals surface area contributed by atoms with E-state index in [1.807, 2.05) is 31.2 Å². The van der Waals surface area contributed by atoms with Gasteiger partial charge in [0.1, 0.15) is 12.4 Å². The first-order valence-corrected chi connectivity index (χ1v) is 5.37. The molecule has 0 aliphatic rings. The predicted octanol–water partition coefficient (Wildman–Crippen LogP) is 1.31. The summed E-state index contributed by atoms with van der Waals surface area (Å²) >= 11 is 0. The summed E-state index contributed by atoms with van der Waals surface area (Å²) < 4.78 is 5.46. The lowest BCUT2D eigenvalue weighted by Crippen LogP contribution is -2.37. The first kappa shape index (κ1) is 12.9. The minimum atomic E-state index is -0.282. The molecule has 0 bridgehead atoms. The maximum absolute atomic E-state index is 11.1. The van der Waals surface area contributed by atoms with Crippen LogP contribution in [0, 0.1) is 19.3 Å². The standard InChI is InChI=1S/C13H16N2O2/c1-3-7-14-13(16)15-8-9-17-12-6-4-5-11(2)10-12/h1,4-6,10H,7-9H2,2H3,(H2,14,15,16). The summed E-state index contributed by atoms with van der Waals surface area (Å²) in [5, 5.41) is 5.13. The average Bonchev–Trinajstić information content (AvgIpc) is 2.32. The highest BCUT2D eigenvalue weighted by molar-refractivity contribution is 5.74. The smallest absolute Gasteiger partial charge is 0.315 e. The van der Waals surface area contributed by atoms with E-state index in [1.165, 1.54) is 0 Å². The van der Waals surface area contributed by atoms with Gasteiger partial charge in [0.15, 0.2) is 0 Å². The van der Waals surface area contributed by atoms with E-state index in [9.17, 15) is 4.79 Å². The number of aryl methyl sites for hydroxylation is 1. The topological polar surface area (TPSA) is 50.4 Å². The molecule has 0 fully saturated rings. The van der Waals surface area contributed by atoms with Gasteiger partial charge in [-0.15, -0.1) is 6.42 Å². The molecule has 4 nitrogen and oxygen atoms in total. The molecular weight excluding hydrogens is 216 g/mol. The molecule has 1 aromatic rings. The van der Waals surface area contributed by atoms with Crippen LogP contribution in [0.15, 0.2) is 24.3 Å². The van der Waals surface area contributed by atoms with E-state index in [0.717, 1.165) is 11.3 Å². The van der Waals surface area contributed by atoms with Crippen molar-refractivity contribution < 1.29 is 9.53 Å². The Bertz CT molecular complexity index is 410. The Labute approximate surface area is 101 Å². The zero-order chi connectivity index (χ0) is 12.5. The third-order valence-corrected chi connectivity index (χ3v) is 2.00. The molecule has 0 aromatic heterocycles. The second-order valence-corrected chi connectivity index (χ2v) is 3.48. The minimum Gasteiger partial charge on any atom is -0.492 e. The summed E-state index contributed by atoms with van der Waals surface area (Å²) in [5.41, 5.74) is 1.14. The monoisotopic (exact) mass is 232 g/mol. The SMILES string of the molecule is C#CCNC(=O)NCCOc1cccc(C)c1. The lowest BCUT2D eigenvalue weighted by atomic mass is 10.2. The largest absolute Gasteiger partial charge is 0.492 e. The molecule has 0 aliphatic carbocycles. The molecule has 17 heavy (non-hydrogen) atoms. The lowest BCUT2D eigenvalue weighted by molar-refractivity contribution is 0.237. The van der Waals surface area contributed by atoms with Gasteiger partial charge in [-0.05, 0) is 24.6 Å². The van der Waals surface area contributed by atoms with Gasteiger partial charge in [0.25, 0.3) is 0 Å². The molecule has 0 radical (unpaired) electrons. The number of carbonyl (C=O) groups excluding carboxylic acids is 1. The van der Waals surface area contributed by atoms with Crippen LogP contribution in [0.1, 0.15) is 5.56 Å². The summed E-state index contributed by atoms with van der Waals surface area (Å²) in [5.74, 6) is 3.12. The molecular formula is C13H16N2O2. The van der Waals surface area contributed by atoms with Gasteiger partial charge in [-0.1, -0.05) is 18.1 Å². The molecule has 2 amide bonds. The first-order valence-electron chi connectivity index (χ1n) is 5.37. The Morgan fingerprint density at radius 1 is 1.47 bits per heavy atom. The third kappa shape index (κ3) is 5.47. The maximum Gasteiger partial charge on any atom is 0.315 e. The van der Waals surface area contributed by atoms with E-state index in [1.54, 1.807) is 0 Å². The van der Waals surface area contributed by atoms with Crippen molar-refractivity contribution in [3.8, 4) is 18.1 Å². The van der Waals surface area contributed by atoms with Crippen molar-refractivity contribution in [1.29, 1.82) is 0 Å². The fraction of sp³-hybridized carbons (Fsp3) is 0.308. The first-order chi connectivity index (χ1) is 8.22. The van der Waals surface area contributed by atoms with E-state index in [4.69, 9.17) is 11.2 Å². The molecule has 0 heterocycles. The highest BCUT2D eigenvalue weighted by Gasteiger charge is 1.97. The highest BCUT2D eigenvalue weighted by Crippen LogP contribution is 2.11. The van der Waals surface area contributed by atoms with Crippen LogP contribution >= 0.6 is 0 Å². The number of urea groups is 1. The second-order valence-electron chi connectivity index (χ2n) is 3.48. The Hall–Kier alpha value is -2.15. The highest BCUT2D eigenvalue weighted by atomic mass is 16.5. The van der Waals surface area contributed by atoms with E-state index in [0.29, 0.717) is 13.2 Å². The number of amides is 2. The molecule has 1 aromatic carbocycles. The van der Waals surface area contributed by atoms with Crippen LogP contribution in [0.5, 0.6) is 5.75 Å². The predicted molar refractivity (Wildman–Crippen MR) is 66.9 cm³/mol. The third-order valence-electron chi connectivity index (χ3n) is 2.00. The van der Waals surface area contributed by atoms with Gasteiger partial charge in [0.05, 0.1) is 13.1 Å². The number of carbonyl (C=O) groups is 1. The van der Waals surface area contributed by atoms with Crippen molar-refractivity contribution in [3.05, 3.63) is 29.8 Å². The number of rotatable bonds is 5. The Kier molecular flexibility index (Phi) is 5.45. The van der Waals surface area contributed by atoms with Gasteiger partial charge in [0, 0.05) is 0 Å². The number of terminal acetylenes is 1. The number of benzene rings is 1. The van der Waals surface area contributed by atoms with E-state index >= 15 is 0 Å². The van der Waals surface area contributed by atoms with Crippen molar-refractivity contribution in [3.63, 3.8) is 0 Å². The van der Waals surface area contributed by atoms with Crippen molar-refractivity contribution in [2.45, 2.75) is 6.92 Å². The summed E-state index contributed by atoms with van der Waals surface area (Å²) in [6, 6.07) is 7.47. The van der Waals surface area contributed by atoms with Crippen molar-refractivity contribution >= 4 is 6.03 Å². The van der Waals surface area contributed by atoms with Crippen LogP contribution in [0.25, 0.3) is 0 Å². The van der Waals surface area contributed by atoms with Crippen molar-refractivity contribution in [2.75, 3.05) is 19.7 Å². The molecule has 90 valence electrons. The van der Waals surface area contributed by atoms with Crippen molar-refractivity contribution in [1.82, 2.24) is 10.6 Å². The van der Waals surface area contributed by atoms with E-state index < -0.39 is 0 Å². The summed E-state index contributed by atoms with van der Waals surface area (Å²) in [7, 11) is 0. The maximum atomic E-state index is 11.1. The number of hydrogen-bond donors (Lipinski definition) is 2. The summed E-state index contributed by atoms with van der Waals surface area (Å²) in [4.78, 5) is 11.1. The zero-order valence-corrected chi connectivity index (χ0v) is 9.82. The molecule has 2 N–H and O–H groups in total. The van der Waals surface area contributed by atoms with Gasteiger partial charge in [-0.2, -0.15) is 0 Å². The van der Waals surface area contributed by atoms with Gasteiger partial charge < -0.3 is 15.4 Å². The fourth-order valence-electron chi connectivity index (χ4n) is 1.23. The van der Waals surface area contributed by atoms with E-state index in [2.05, 4.69) is 16.6 Å². The molecule has 0 saturated carbocycles. The average molecular weight is 232 g/mol. The van der Waals surface area contributed by atoms with Gasteiger partial charge in [0.2, 0.25) is 0 Å². The van der Waals surface area contributed by atoms with Crippen LogP contribution in [-0.2, 0) is 0 Å². The quantitative estimate of drug-likeness (QED) is 0.594.